The Hall–Kier alpha value is -3.39. The van der Waals surface area contributed by atoms with E-state index < -0.39 is 21.7 Å². The van der Waals surface area contributed by atoms with E-state index in [1.165, 1.54) is 19.2 Å². The second kappa shape index (κ2) is 8.63. The van der Waals surface area contributed by atoms with Gasteiger partial charge in [-0.3, -0.25) is 4.31 Å². The number of rotatable bonds is 5. The molecule has 1 aliphatic rings. The average Bonchev–Trinajstić information content (AvgIpc) is 2.78. The summed E-state index contributed by atoms with van der Waals surface area (Å²) in [6.45, 7) is 0.304. The van der Waals surface area contributed by atoms with Crippen LogP contribution in [0.25, 0.3) is 5.57 Å². The van der Waals surface area contributed by atoms with E-state index >= 15 is 0 Å². The summed E-state index contributed by atoms with van der Waals surface area (Å²) < 4.78 is 55.9. The van der Waals surface area contributed by atoms with E-state index in [2.05, 4.69) is 0 Å². The minimum absolute atomic E-state index is 0.0629. The predicted molar refractivity (Wildman–Crippen MR) is 123 cm³/mol. The number of sulfonamides is 1. The molecule has 4 rings (SSSR count). The van der Waals surface area contributed by atoms with Crippen molar-refractivity contribution in [1.29, 1.82) is 0 Å². The number of hydrogen-bond acceptors (Lipinski definition) is 4. The predicted octanol–water partition coefficient (Wildman–Crippen LogP) is 4.51. The second-order valence-electron chi connectivity index (χ2n) is 7.57. The van der Waals surface area contributed by atoms with Crippen molar-refractivity contribution >= 4 is 27.0 Å². The number of anilines is 2. The number of para-hydroxylation sites is 2. The SMILES string of the molecule is CN(C1=C(c2ccccc2)CN(c2ccccc2F)CN1c1ccccc1F)S(C)(=O)=O. The van der Waals surface area contributed by atoms with Crippen LogP contribution in [0.5, 0.6) is 0 Å². The van der Waals surface area contributed by atoms with Gasteiger partial charge >= 0.3 is 0 Å². The summed E-state index contributed by atoms with van der Waals surface area (Å²) in [4.78, 5) is 3.35. The first kappa shape index (κ1) is 21.8. The van der Waals surface area contributed by atoms with Crippen LogP contribution in [-0.2, 0) is 10.0 Å². The number of hydrogen-bond donors (Lipinski definition) is 0. The first-order valence-electron chi connectivity index (χ1n) is 10.0. The minimum atomic E-state index is -3.67. The maximum Gasteiger partial charge on any atom is 0.233 e. The van der Waals surface area contributed by atoms with Gasteiger partial charge < -0.3 is 9.80 Å². The van der Waals surface area contributed by atoms with Crippen LogP contribution in [0.1, 0.15) is 5.56 Å². The van der Waals surface area contributed by atoms with E-state index in [1.54, 1.807) is 46.2 Å². The smallest absolute Gasteiger partial charge is 0.233 e. The Morgan fingerprint density at radius 3 is 1.91 bits per heavy atom. The third kappa shape index (κ3) is 4.18. The van der Waals surface area contributed by atoms with E-state index in [1.807, 2.05) is 30.3 Å². The van der Waals surface area contributed by atoms with Gasteiger partial charge in [0.1, 0.15) is 17.5 Å². The van der Waals surface area contributed by atoms with E-state index in [0.717, 1.165) is 16.1 Å². The van der Waals surface area contributed by atoms with E-state index in [-0.39, 0.29) is 18.9 Å². The summed E-state index contributed by atoms with van der Waals surface area (Å²) in [6.07, 6.45) is 1.10. The molecule has 5 nitrogen and oxygen atoms in total. The Morgan fingerprint density at radius 1 is 0.812 bits per heavy atom. The molecule has 1 heterocycles. The molecule has 0 saturated heterocycles. The van der Waals surface area contributed by atoms with Crippen molar-refractivity contribution in [2.45, 2.75) is 0 Å². The van der Waals surface area contributed by atoms with Crippen LogP contribution in [0.4, 0.5) is 20.2 Å². The molecule has 1 aliphatic heterocycles. The normalized spacial score (nSPS) is 14.6. The maximum atomic E-state index is 14.9. The van der Waals surface area contributed by atoms with Gasteiger partial charge in [-0.1, -0.05) is 54.6 Å². The Bertz CT molecular complexity index is 1260. The molecular formula is C24H23F2N3O2S. The lowest BCUT2D eigenvalue weighted by atomic mass is 10.0. The molecule has 0 bridgehead atoms. The Balaban J connectivity index is 1.99. The molecule has 0 aromatic heterocycles. The van der Waals surface area contributed by atoms with Crippen LogP contribution in [0, 0.1) is 11.6 Å². The van der Waals surface area contributed by atoms with Gasteiger partial charge in [-0.2, -0.15) is 0 Å². The van der Waals surface area contributed by atoms with Crippen LogP contribution >= 0.6 is 0 Å². The summed E-state index contributed by atoms with van der Waals surface area (Å²) in [7, 11) is -2.22. The molecule has 3 aromatic carbocycles. The molecule has 0 unspecified atom stereocenters. The fraction of sp³-hybridized carbons (Fsp3) is 0.167. The van der Waals surface area contributed by atoms with Gasteiger partial charge in [-0.25, -0.2) is 17.2 Å². The second-order valence-corrected chi connectivity index (χ2v) is 9.58. The van der Waals surface area contributed by atoms with Crippen molar-refractivity contribution < 1.29 is 17.2 Å². The number of benzene rings is 3. The molecule has 0 aliphatic carbocycles. The van der Waals surface area contributed by atoms with Gasteiger partial charge in [0.05, 0.1) is 24.3 Å². The van der Waals surface area contributed by atoms with Crippen LogP contribution in [0.3, 0.4) is 0 Å². The standard InChI is InChI=1S/C24H23F2N3O2S/c1-27(32(2,30)31)24-19(18-10-4-3-5-11-18)16-28(22-14-8-6-12-20(22)25)17-29(24)23-15-9-7-13-21(23)26/h3-15H,16-17H2,1-2H3. The van der Waals surface area contributed by atoms with Gasteiger partial charge in [0.25, 0.3) is 0 Å². The summed E-state index contributed by atoms with van der Waals surface area (Å²) >= 11 is 0. The first-order valence-corrected chi connectivity index (χ1v) is 11.9. The third-order valence-electron chi connectivity index (χ3n) is 5.44. The molecule has 32 heavy (non-hydrogen) atoms. The monoisotopic (exact) mass is 455 g/mol. The lowest BCUT2D eigenvalue weighted by molar-refractivity contribution is 0.509. The van der Waals surface area contributed by atoms with Crippen molar-refractivity contribution in [1.82, 2.24) is 4.31 Å². The first-order chi connectivity index (χ1) is 15.3. The minimum Gasteiger partial charge on any atom is -0.347 e. The summed E-state index contributed by atoms with van der Waals surface area (Å²) in [5, 5.41) is 0. The van der Waals surface area contributed by atoms with Crippen molar-refractivity contribution in [3.05, 3.63) is 102 Å². The molecular weight excluding hydrogens is 432 g/mol. The fourth-order valence-electron chi connectivity index (χ4n) is 3.82. The summed E-state index contributed by atoms with van der Waals surface area (Å²) in [5.74, 6) is -0.584. The Labute approximate surface area is 186 Å². The zero-order chi connectivity index (χ0) is 22.9. The molecule has 166 valence electrons. The highest BCUT2D eigenvalue weighted by molar-refractivity contribution is 7.88. The van der Waals surface area contributed by atoms with Crippen LogP contribution in [-0.4, -0.2) is 39.2 Å². The largest absolute Gasteiger partial charge is 0.347 e. The van der Waals surface area contributed by atoms with Gasteiger partial charge in [0.15, 0.2) is 0 Å². The Kier molecular flexibility index (Phi) is 5.88. The van der Waals surface area contributed by atoms with E-state index in [4.69, 9.17) is 0 Å². The molecule has 0 N–H and O–H groups in total. The molecule has 0 fully saturated rings. The van der Waals surface area contributed by atoms with Crippen molar-refractivity contribution in [3.8, 4) is 0 Å². The van der Waals surface area contributed by atoms with Gasteiger partial charge in [-0.05, 0) is 29.8 Å². The third-order valence-corrected chi connectivity index (χ3v) is 6.61. The molecule has 0 radical (unpaired) electrons. The number of halogens is 2. The van der Waals surface area contributed by atoms with Gasteiger partial charge in [0.2, 0.25) is 10.0 Å². The van der Waals surface area contributed by atoms with E-state index in [0.29, 0.717) is 17.1 Å². The summed E-state index contributed by atoms with van der Waals surface area (Å²) in [6, 6.07) is 21.8. The van der Waals surface area contributed by atoms with Crippen LogP contribution < -0.4 is 9.80 Å². The quantitative estimate of drug-likeness (QED) is 0.568. The summed E-state index contributed by atoms with van der Waals surface area (Å²) in [5.41, 5.74) is 1.95. The average molecular weight is 456 g/mol. The highest BCUT2D eigenvalue weighted by Crippen LogP contribution is 2.37. The fourth-order valence-corrected chi connectivity index (χ4v) is 4.34. The van der Waals surface area contributed by atoms with Crippen molar-refractivity contribution in [3.63, 3.8) is 0 Å². The molecule has 0 amide bonds. The highest BCUT2D eigenvalue weighted by atomic mass is 32.2. The van der Waals surface area contributed by atoms with E-state index in [9.17, 15) is 17.2 Å². The maximum absolute atomic E-state index is 14.9. The molecule has 0 spiro atoms. The topological polar surface area (TPSA) is 43.9 Å². The van der Waals surface area contributed by atoms with Crippen LogP contribution in [0.2, 0.25) is 0 Å². The molecule has 3 aromatic rings. The van der Waals surface area contributed by atoms with Crippen molar-refractivity contribution in [2.24, 2.45) is 0 Å². The highest BCUT2D eigenvalue weighted by Gasteiger charge is 2.34. The van der Waals surface area contributed by atoms with Crippen molar-refractivity contribution in [2.75, 3.05) is 36.3 Å². The zero-order valence-corrected chi connectivity index (χ0v) is 18.6. The lowest BCUT2D eigenvalue weighted by Gasteiger charge is -2.43. The molecule has 8 heteroatoms. The molecule has 0 atom stereocenters. The molecule has 0 saturated carbocycles. The zero-order valence-electron chi connectivity index (χ0n) is 17.7. The van der Waals surface area contributed by atoms with Gasteiger partial charge in [-0.15, -0.1) is 0 Å². The van der Waals surface area contributed by atoms with Gasteiger partial charge in [0, 0.05) is 19.2 Å². The number of nitrogens with zero attached hydrogens (tertiary/aromatic N) is 3. The van der Waals surface area contributed by atoms with Crippen LogP contribution in [0.15, 0.2) is 84.7 Å². The lowest BCUT2D eigenvalue weighted by Crippen LogP contribution is -2.49. The Morgan fingerprint density at radius 2 is 1.34 bits per heavy atom.